The van der Waals surface area contributed by atoms with Crippen LogP contribution in [0.15, 0.2) is 24.3 Å². The van der Waals surface area contributed by atoms with Gasteiger partial charge in [-0.2, -0.15) is 0 Å². The van der Waals surface area contributed by atoms with E-state index < -0.39 is 12.1 Å². The molecular weight excluding hydrogens is 192 g/mol. The Balaban J connectivity index is 2.57. The fraction of sp³-hybridized carbons (Fsp3) is 0.417. The van der Waals surface area contributed by atoms with Crippen molar-refractivity contribution in [3.8, 4) is 0 Å². The maximum Gasteiger partial charge on any atom is 0.303 e. The summed E-state index contributed by atoms with van der Waals surface area (Å²) < 4.78 is 0. The molecule has 0 saturated carbocycles. The molecule has 2 N–H and O–H groups in total. The fourth-order valence-corrected chi connectivity index (χ4v) is 1.40. The van der Waals surface area contributed by atoms with Gasteiger partial charge in [0, 0.05) is 6.42 Å². The Labute approximate surface area is 89.4 Å². The molecule has 0 radical (unpaired) electrons. The van der Waals surface area contributed by atoms with Gasteiger partial charge in [0.1, 0.15) is 0 Å². The molecule has 1 atom stereocenters. The summed E-state index contributed by atoms with van der Waals surface area (Å²) in [6.45, 7) is 2.07. The molecule has 0 aliphatic rings. The van der Waals surface area contributed by atoms with Crippen LogP contribution >= 0.6 is 0 Å². The Morgan fingerprint density at radius 2 is 1.93 bits per heavy atom. The van der Waals surface area contributed by atoms with Crippen LogP contribution < -0.4 is 0 Å². The zero-order valence-electron chi connectivity index (χ0n) is 8.81. The Hall–Kier alpha value is -1.35. The van der Waals surface area contributed by atoms with E-state index in [1.807, 2.05) is 24.3 Å². The lowest BCUT2D eigenvalue weighted by Crippen LogP contribution is -2.02. The molecule has 0 saturated heterocycles. The number of rotatable bonds is 5. The van der Waals surface area contributed by atoms with E-state index >= 15 is 0 Å². The number of aliphatic hydroxyl groups is 1. The number of aliphatic hydroxyl groups excluding tert-OH is 1. The molecule has 3 heteroatoms. The van der Waals surface area contributed by atoms with E-state index in [0.29, 0.717) is 0 Å². The van der Waals surface area contributed by atoms with Gasteiger partial charge in [0.05, 0.1) is 6.10 Å². The first-order valence-electron chi connectivity index (χ1n) is 5.12. The molecule has 0 aliphatic heterocycles. The molecule has 0 fully saturated rings. The second kappa shape index (κ2) is 5.51. The molecule has 1 aromatic rings. The van der Waals surface area contributed by atoms with Crippen LogP contribution in [0, 0.1) is 0 Å². The second-order valence-electron chi connectivity index (χ2n) is 3.54. The van der Waals surface area contributed by atoms with Gasteiger partial charge in [-0.25, -0.2) is 0 Å². The normalized spacial score (nSPS) is 12.4. The number of hydrogen-bond acceptors (Lipinski definition) is 2. The van der Waals surface area contributed by atoms with Crippen molar-refractivity contribution in [1.82, 2.24) is 0 Å². The van der Waals surface area contributed by atoms with Gasteiger partial charge in [0.2, 0.25) is 0 Å². The minimum Gasteiger partial charge on any atom is -0.481 e. The number of aliphatic carboxylic acids is 1. The first-order valence-corrected chi connectivity index (χ1v) is 5.12. The second-order valence-corrected chi connectivity index (χ2v) is 3.54. The summed E-state index contributed by atoms with van der Waals surface area (Å²) in [5, 5.41) is 18.1. The predicted octanol–water partition coefficient (Wildman–Crippen LogP) is 2.15. The van der Waals surface area contributed by atoms with Crippen LogP contribution in [0.25, 0.3) is 0 Å². The summed E-state index contributed by atoms with van der Waals surface area (Å²) in [5.74, 6) is -0.876. The molecule has 0 aliphatic carbocycles. The minimum atomic E-state index is -0.876. The van der Waals surface area contributed by atoms with Gasteiger partial charge in [-0.05, 0) is 24.0 Å². The molecule has 0 spiro atoms. The van der Waals surface area contributed by atoms with Crippen LogP contribution in [-0.4, -0.2) is 16.2 Å². The molecule has 1 rings (SSSR count). The lowest BCUT2D eigenvalue weighted by Gasteiger charge is -2.09. The number of hydrogen-bond donors (Lipinski definition) is 2. The summed E-state index contributed by atoms with van der Waals surface area (Å²) >= 11 is 0. The van der Waals surface area contributed by atoms with Gasteiger partial charge in [-0.3, -0.25) is 4.79 Å². The van der Waals surface area contributed by atoms with Crippen LogP contribution in [-0.2, 0) is 11.2 Å². The first-order chi connectivity index (χ1) is 7.13. The minimum absolute atomic E-state index is 0.00328. The van der Waals surface area contributed by atoms with E-state index in [1.54, 1.807) is 0 Å². The molecule has 15 heavy (non-hydrogen) atoms. The maximum absolute atomic E-state index is 10.3. The smallest absolute Gasteiger partial charge is 0.303 e. The highest BCUT2D eigenvalue weighted by Gasteiger charge is 2.09. The molecule has 1 unspecified atom stereocenters. The van der Waals surface area contributed by atoms with E-state index in [0.717, 1.165) is 12.0 Å². The topological polar surface area (TPSA) is 57.5 Å². The SMILES string of the molecule is CCc1ccc(C(O)CCC(=O)O)cc1. The summed E-state index contributed by atoms with van der Waals surface area (Å²) in [4.78, 5) is 10.3. The van der Waals surface area contributed by atoms with Crippen molar-refractivity contribution in [2.45, 2.75) is 32.3 Å². The van der Waals surface area contributed by atoms with Gasteiger partial charge in [0.25, 0.3) is 0 Å². The highest BCUT2D eigenvalue weighted by Crippen LogP contribution is 2.18. The van der Waals surface area contributed by atoms with Crippen LogP contribution in [0.3, 0.4) is 0 Å². The summed E-state index contributed by atoms with van der Waals surface area (Å²) in [6.07, 6.45) is 0.551. The number of carboxylic acid groups (broad SMARTS) is 1. The third kappa shape index (κ3) is 3.72. The molecule has 0 aromatic heterocycles. The van der Waals surface area contributed by atoms with Crippen molar-refractivity contribution < 1.29 is 15.0 Å². The predicted molar refractivity (Wildman–Crippen MR) is 57.6 cm³/mol. The standard InChI is InChI=1S/C12H16O3/c1-2-9-3-5-10(6-4-9)11(13)7-8-12(14)15/h3-6,11,13H,2,7-8H2,1H3,(H,14,15). The Morgan fingerprint density at radius 1 is 1.33 bits per heavy atom. The Kier molecular flexibility index (Phi) is 4.31. The molecule has 3 nitrogen and oxygen atoms in total. The van der Waals surface area contributed by atoms with E-state index in [1.165, 1.54) is 5.56 Å². The third-order valence-electron chi connectivity index (χ3n) is 2.40. The summed E-state index contributed by atoms with van der Waals surface area (Å²) in [5.41, 5.74) is 2.00. The van der Waals surface area contributed by atoms with Gasteiger partial charge >= 0.3 is 5.97 Å². The first kappa shape index (κ1) is 11.7. The lowest BCUT2D eigenvalue weighted by molar-refractivity contribution is -0.137. The number of carbonyl (C=O) groups is 1. The van der Waals surface area contributed by atoms with Gasteiger partial charge in [0.15, 0.2) is 0 Å². The monoisotopic (exact) mass is 208 g/mol. The van der Waals surface area contributed by atoms with Crippen molar-refractivity contribution in [2.24, 2.45) is 0 Å². The number of aryl methyl sites for hydroxylation is 1. The average molecular weight is 208 g/mol. The van der Waals surface area contributed by atoms with E-state index in [2.05, 4.69) is 6.92 Å². The van der Waals surface area contributed by atoms with Crippen LogP contribution in [0.1, 0.15) is 37.0 Å². The molecule has 0 heterocycles. The zero-order chi connectivity index (χ0) is 11.3. The number of benzene rings is 1. The zero-order valence-corrected chi connectivity index (χ0v) is 8.81. The van der Waals surface area contributed by atoms with E-state index in [4.69, 9.17) is 5.11 Å². The van der Waals surface area contributed by atoms with Crippen molar-refractivity contribution in [2.75, 3.05) is 0 Å². The highest BCUT2D eigenvalue weighted by atomic mass is 16.4. The van der Waals surface area contributed by atoms with Crippen molar-refractivity contribution >= 4 is 5.97 Å². The lowest BCUT2D eigenvalue weighted by atomic mass is 10.0. The Bertz CT molecular complexity index is 316. The highest BCUT2D eigenvalue weighted by molar-refractivity contribution is 5.66. The van der Waals surface area contributed by atoms with Crippen molar-refractivity contribution in [3.05, 3.63) is 35.4 Å². The maximum atomic E-state index is 10.3. The van der Waals surface area contributed by atoms with Crippen LogP contribution in [0.2, 0.25) is 0 Å². The average Bonchev–Trinajstić information content (AvgIpc) is 2.26. The summed E-state index contributed by atoms with van der Waals surface area (Å²) in [7, 11) is 0. The van der Waals surface area contributed by atoms with Crippen molar-refractivity contribution in [1.29, 1.82) is 0 Å². The van der Waals surface area contributed by atoms with Crippen molar-refractivity contribution in [3.63, 3.8) is 0 Å². The summed E-state index contributed by atoms with van der Waals surface area (Å²) in [6, 6.07) is 7.62. The Morgan fingerprint density at radius 3 is 2.40 bits per heavy atom. The van der Waals surface area contributed by atoms with Crippen LogP contribution in [0.5, 0.6) is 0 Å². The molecular formula is C12H16O3. The molecule has 1 aromatic carbocycles. The van der Waals surface area contributed by atoms with Crippen LogP contribution in [0.4, 0.5) is 0 Å². The quantitative estimate of drug-likeness (QED) is 0.779. The molecule has 82 valence electrons. The molecule has 0 amide bonds. The van der Waals surface area contributed by atoms with E-state index in [9.17, 15) is 9.90 Å². The van der Waals surface area contributed by atoms with Gasteiger partial charge < -0.3 is 10.2 Å². The van der Waals surface area contributed by atoms with E-state index in [-0.39, 0.29) is 12.8 Å². The molecule has 0 bridgehead atoms. The number of carboxylic acids is 1. The largest absolute Gasteiger partial charge is 0.481 e. The fourth-order valence-electron chi connectivity index (χ4n) is 1.40. The van der Waals surface area contributed by atoms with Gasteiger partial charge in [-0.1, -0.05) is 31.2 Å². The third-order valence-corrected chi connectivity index (χ3v) is 2.40. The van der Waals surface area contributed by atoms with Gasteiger partial charge in [-0.15, -0.1) is 0 Å².